The number of nitrogens with one attached hydrogen (secondary N) is 1. The molecule has 222 valence electrons. The van der Waals surface area contributed by atoms with E-state index in [-0.39, 0.29) is 22.2 Å². The first-order chi connectivity index (χ1) is 18.9. The summed E-state index contributed by atoms with van der Waals surface area (Å²) in [5.41, 5.74) is 5.70. The predicted octanol–water partition coefficient (Wildman–Crippen LogP) is 9.77. The Kier molecular flexibility index (Phi) is 10.00. The molecule has 1 amide bonds. The average Bonchev–Trinajstić information content (AvgIpc) is 2.85. The van der Waals surface area contributed by atoms with Gasteiger partial charge in [0.05, 0.1) is 0 Å². The number of aromatic hydroxyl groups is 1. The number of para-hydroxylation sites is 1. The quantitative estimate of drug-likeness (QED) is 0.276. The Balaban J connectivity index is 1.87. The number of carbonyl (C=O) groups excluding carboxylic acids is 1. The second-order valence-corrected chi connectivity index (χ2v) is 15.0. The van der Waals surface area contributed by atoms with Gasteiger partial charge in [-0.05, 0) is 88.1 Å². The molecule has 3 aromatic rings. The first-order valence-corrected chi connectivity index (χ1v) is 15.0. The average molecular weight is 557 g/mol. The minimum Gasteiger partial charge on any atom is -0.507 e. The van der Waals surface area contributed by atoms with Crippen molar-refractivity contribution in [3.05, 3.63) is 83.4 Å². The largest absolute Gasteiger partial charge is 0.507 e. The van der Waals surface area contributed by atoms with E-state index in [1.54, 1.807) is 0 Å². The van der Waals surface area contributed by atoms with Crippen molar-refractivity contribution in [3.63, 3.8) is 0 Å². The number of carbonyl (C=O) groups is 1. The molecule has 4 nitrogen and oxygen atoms in total. The van der Waals surface area contributed by atoms with E-state index < -0.39 is 0 Å². The summed E-state index contributed by atoms with van der Waals surface area (Å²) in [6.45, 7) is 22.4. The number of phenols is 1. The predicted molar refractivity (Wildman–Crippen MR) is 176 cm³/mol. The third-order valence-electron chi connectivity index (χ3n) is 7.41. The minimum absolute atomic E-state index is 0.122. The Morgan fingerprint density at radius 1 is 0.805 bits per heavy atom. The summed E-state index contributed by atoms with van der Waals surface area (Å²) in [4.78, 5) is 15.9. The van der Waals surface area contributed by atoms with Crippen LogP contribution in [-0.4, -0.2) is 17.6 Å². The van der Waals surface area contributed by atoms with Gasteiger partial charge in [0, 0.05) is 30.0 Å². The van der Waals surface area contributed by atoms with E-state index in [1.165, 1.54) is 0 Å². The Hall–Kier alpha value is -3.27. The molecule has 3 aromatic carbocycles. The number of rotatable bonds is 9. The van der Waals surface area contributed by atoms with Crippen LogP contribution in [0.3, 0.4) is 0 Å². The van der Waals surface area contributed by atoms with Gasteiger partial charge in [0.2, 0.25) is 5.91 Å². The van der Waals surface area contributed by atoms with Gasteiger partial charge < -0.3 is 15.3 Å². The molecule has 0 radical (unpaired) electrons. The molecule has 3 rings (SSSR count). The molecular weight excluding hydrogens is 504 g/mol. The highest BCUT2D eigenvalue weighted by Crippen LogP contribution is 2.40. The van der Waals surface area contributed by atoms with Crippen molar-refractivity contribution in [2.45, 2.75) is 99.3 Å². The zero-order chi connectivity index (χ0) is 30.6. The van der Waals surface area contributed by atoms with E-state index in [1.807, 2.05) is 59.5 Å². The van der Waals surface area contributed by atoms with Crippen molar-refractivity contribution in [2.24, 2.45) is 11.3 Å². The summed E-state index contributed by atoms with van der Waals surface area (Å²) >= 11 is 0. The molecule has 0 saturated heterocycles. The van der Waals surface area contributed by atoms with Gasteiger partial charge in [0.15, 0.2) is 0 Å². The van der Waals surface area contributed by atoms with Crippen LogP contribution in [0.4, 0.5) is 17.1 Å². The zero-order valence-corrected chi connectivity index (χ0v) is 27.1. The van der Waals surface area contributed by atoms with Gasteiger partial charge in [-0.25, -0.2) is 0 Å². The van der Waals surface area contributed by atoms with E-state index >= 15 is 0 Å². The molecule has 0 fully saturated rings. The van der Waals surface area contributed by atoms with Crippen LogP contribution in [0.15, 0.2) is 66.7 Å². The maximum Gasteiger partial charge on any atom is 0.227 e. The lowest BCUT2D eigenvalue weighted by atomic mass is 9.78. The smallest absolute Gasteiger partial charge is 0.227 e. The van der Waals surface area contributed by atoms with E-state index in [9.17, 15) is 9.90 Å². The van der Waals surface area contributed by atoms with Crippen molar-refractivity contribution in [1.82, 2.24) is 0 Å². The third-order valence-corrected chi connectivity index (χ3v) is 7.41. The van der Waals surface area contributed by atoms with Gasteiger partial charge in [-0.1, -0.05) is 99.6 Å². The lowest BCUT2D eigenvalue weighted by Gasteiger charge is -2.30. The zero-order valence-electron chi connectivity index (χ0n) is 27.1. The van der Waals surface area contributed by atoms with Crippen molar-refractivity contribution >= 4 is 23.0 Å². The number of amides is 1. The van der Waals surface area contributed by atoms with Crippen molar-refractivity contribution < 1.29 is 9.90 Å². The van der Waals surface area contributed by atoms with Crippen molar-refractivity contribution in [3.8, 4) is 5.75 Å². The number of anilines is 3. The second-order valence-electron chi connectivity index (χ2n) is 15.0. The van der Waals surface area contributed by atoms with Crippen LogP contribution >= 0.6 is 0 Å². The molecule has 0 bridgehead atoms. The van der Waals surface area contributed by atoms with E-state index in [2.05, 4.69) is 86.7 Å². The van der Waals surface area contributed by atoms with E-state index in [0.717, 1.165) is 40.2 Å². The number of hydrogen-bond donors (Lipinski definition) is 2. The Bertz CT molecular complexity index is 1260. The van der Waals surface area contributed by atoms with Crippen LogP contribution in [0.25, 0.3) is 0 Å². The monoisotopic (exact) mass is 556 g/mol. The van der Waals surface area contributed by atoms with E-state index in [0.29, 0.717) is 31.1 Å². The molecule has 0 aliphatic rings. The molecule has 41 heavy (non-hydrogen) atoms. The van der Waals surface area contributed by atoms with Crippen LogP contribution in [0.5, 0.6) is 5.75 Å². The Morgan fingerprint density at radius 2 is 1.32 bits per heavy atom. The molecular formula is C37H52N2O2. The standard InChI is InChI=1S/C37H52N2O2/c1-26(24-35(2,3)4)25-39(30-19-17-29(18-20-30)38-28-14-12-11-13-15-28)33(40)21-16-27-22-31(36(5,6)7)34(41)32(23-27)37(8,9)10/h11-15,17-20,22-23,26,38,41H,16,21,24-25H2,1-10H3. The fourth-order valence-electron chi connectivity index (χ4n) is 5.55. The topological polar surface area (TPSA) is 52.6 Å². The molecule has 0 aliphatic carbocycles. The highest BCUT2D eigenvalue weighted by molar-refractivity contribution is 5.93. The number of hydrogen-bond acceptors (Lipinski definition) is 3. The summed E-state index contributed by atoms with van der Waals surface area (Å²) in [6.07, 6.45) is 2.07. The summed E-state index contributed by atoms with van der Waals surface area (Å²) in [5.74, 6) is 0.855. The van der Waals surface area contributed by atoms with E-state index in [4.69, 9.17) is 0 Å². The fraction of sp³-hybridized carbons (Fsp3) is 0.486. The Morgan fingerprint density at radius 3 is 1.80 bits per heavy atom. The lowest BCUT2D eigenvalue weighted by molar-refractivity contribution is -0.118. The van der Waals surface area contributed by atoms with Gasteiger partial charge in [-0.15, -0.1) is 0 Å². The molecule has 0 aromatic heterocycles. The molecule has 1 atom stereocenters. The van der Waals surface area contributed by atoms with Gasteiger partial charge in [-0.2, -0.15) is 0 Å². The highest BCUT2D eigenvalue weighted by atomic mass is 16.3. The molecule has 2 N–H and O–H groups in total. The van der Waals surface area contributed by atoms with Crippen LogP contribution in [0, 0.1) is 11.3 Å². The molecule has 1 unspecified atom stereocenters. The van der Waals surface area contributed by atoms with Crippen LogP contribution in [-0.2, 0) is 22.0 Å². The SMILES string of the molecule is CC(CN(C(=O)CCc1cc(C(C)(C)C)c(O)c(C(C)(C)C)c1)c1ccc(Nc2ccccc2)cc1)CC(C)(C)C. The molecule has 0 aliphatic heterocycles. The molecule has 0 spiro atoms. The number of phenolic OH excluding ortho intramolecular Hbond substituents is 1. The number of benzene rings is 3. The first-order valence-electron chi connectivity index (χ1n) is 15.0. The van der Waals surface area contributed by atoms with Gasteiger partial charge in [0.25, 0.3) is 0 Å². The van der Waals surface area contributed by atoms with Crippen molar-refractivity contribution in [2.75, 3.05) is 16.8 Å². The summed E-state index contributed by atoms with van der Waals surface area (Å²) in [5, 5.41) is 14.6. The lowest BCUT2D eigenvalue weighted by Crippen LogP contribution is -2.36. The maximum atomic E-state index is 13.9. The summed E-state index contributed by atoms with van der Waals surface area (Å²) in [6, 6.07) is 22.5. The first kappa shape index (κ1) is 32.2. The Labute approximate surface area is 249 Å². The highest BCUT2D eigenvalue weighted by Gasteiger charge is 2.27. The van der Waals surface area contributed by atoms with Gasteiger partial charge in [-0.3, -0.25) is 4.79 Å². The van der Waals surface area contributed by atoms with Crippen LogP contribution in [0.1, 0.15) is 98.8 Å². The maximum absolute atomic E-state index is 13.9. The summed E-state index contributed by atoms with van der Waals surface area (Å²) in [7, 11) is 0. The van der Waals surface area contributed by atoms with Crippen molar-refractivity contribution in [1.29, 1.82) is 0 Å². The van der Waals surface area contributed by atoms with Crippen LogP contribution in [0.2, 0.25) is 0 Å². The fourth-order valence-corrected chi connectivity index (χ4v) is 5.55. The molecule has 4 heteroatoms. The molecule has 0 heterocycles. The van der Waals surface area contributed by atoms with Gasteiger partial charge in [0.1, 0.15) is 5.75 Å². The second kappa shape index (κ2) is 12.7. The molecule has 0 saturated carbocycles. The number of aryl methyl sites for hydroxylation is 1. The summed E-state index contributed by atoms with van der Waals surface area (Å²) < 4.78 is 0. The minimum atomic E-state index is -0.200. The van der Waals surface area contributed by atoms with Gasteiger partial charge >= 0.3 is 0 Å². The number of nitrogens with zero attached hydrogens (tertiary/aromatic N) is 1. The third kappa shape index (κ3) is 9.38. The normalized spacial score (nSPS) is 13.1. The van der Waals surface area contributed by atoms with Crippen LogP contribution < -0.4 is 10.2 Å².